The predicted molar refractivity (Wildman–Crippen MR) is 106 cm³/mol. The van der Waals surface area contributed by atoms with Crippen molar-refractivity contribution in [2.75, 3.05) is 0 Å². The van der Waals surface area contributed by atoms with Gasteiger partial charge in [-0.2, -0.15) is 13.2 Å². The molecule has 0 aliphatic carbocycles. The van der Waals surface area contributed by atoms with E-state index in [4.69, 9.17) is 4.74 Å². The van der Waals surface area contributed by atoms with Crippen molar-refractivity contribution >= 4 is 11.6 Å². The number of fused-ring (bicyclic) bond motifs is 1. The lowest BCUT2D eigenvalue weighted by molar-refractivity contribution is -0.137. The Labute approximate surface area is 175 Å². The van der Waals surface area contributed by atoms with E-state index < -0.39 is 17.6 Å². The second-order valence-electron chi connectivity index (χ2n) is 6.70. The van der Waals surface area contributed by atoms with Crippen LogP contribution in [0.4, 0.5) is 13.2 Å². The number of ether oxygens (including phenoxy) is 1. The van der Waals surface area contributed by atoms with E-state index >= 15 is 0 Å². The van der Waals surface area contributed by atoms with Gasteiger partial charge in [-0.25, -0.2) is 0 Å². The number of hydrogen-bond donors (Lipinski definition) is 1. The molecule has 0 radical (unpaired) electrons. The number of hydrogen-bond acceptors (Lipinski definition) is 4. The number of halogens is 3. The lowest BCUT2D eigenvalue weighted by Crippen LogP contribution is -2.25. The van der Waals surface area contributed by atoms with E-state index in [-0.39, 0.29) is 24.6 Å². The monoisotopic (exact) mass is 426 g/mol. The normalized spacial score (nSPS) is 11.5. The van der Waals surface area contributed by atoms with Gasteiger partial charge in [0.15, 0.2) is 11.5 Å². The molecule has 0 bridgehead atoms. The van der Waals surface area contributed by atoms with Crippen LogP contribution in [-0.2, 0) is 19.3 Å². The highest BCUT2D eigenvalue weighted by molar-refractivity contribution is 5.95. The van der Waals surface area contributed by atoms with Gasteiger partial charge in [0.25, 0.3) is 5.91 Å². The van der Waals surface area contributed by atoms with E-state index in [1.54, 1.807) is 24.3 Å². The first-order valence-corrected chi connectivity index (χ1v) is 9.36. The molecular weight excluding hydrogens is 409 g/mol. The van der Waals surface area contributed by atoms with Gasteiger partial charge in [0.1, 0.15) is 12.4 Å². The average Bonchev–Trinajstić information content (AvgIpc) is 3.19. The second-order valence-corrected chi connectivity index (χ2v) is 6.70. The molecule has 0 atom stereocenters. The summed E-state index contributed by atoms with van der Waals surface area (Å²) in [5.41, 5.74) is 0.516. The van der Waals surface area contributed by atoms with E-state index in [0.717, 1.165) is 12.3 Å². The molecule has 9 heteroatoms. The van der Waals surface area contributed by atoms with Gasteiger partial charge in [-0.1, -0.05) is 36.4 Å². The third-order valence-corrected chi connectivity index (χ3v) is 4.61. The minimum atomic E-state index is -4.49. The zero-order valence-corrected chi connectivity index (χ0v) is 16.1. The van der Waals surface area contributed by atoms with Gasteiger partial charge in [0.05, 0.1) is 12.1 Å². The lowest BCUT2D eigenvalue weighted by Gasteiger charge is -2.11. The molecule has 158 valence electrons. The maximum Gasteiger partial charge on any atom is 0.417 e. The Balaban J connectivity index is 1.48. The number of alkyl halides is 3. The number of aromatic nitrogens is 3. The molecule has 31 heavy (non-hydrogen) atoms. The topological polar surface area (TPSA) is 68.5 Å². The van der Waals surface area contributed by atoms with Gasteiger partial charge >= 0.3 is 6.18 Å². The summed E-state index contributed by atoms with van der Waals surface area (Å²) in [5, 5.41) is 10.4. The molecule has 0 fully saturated rings. The third kappa shape index (κ3) is 4.66. The molecule has 0 saturated carbocycles. The first kappa shape index (κ1) is 20.4. The zero-order valence-electron chi connectivity index (χ0n) is 16.1. The van der Waals surface area contributed by atoms with Crippen molar-refractivity contribution < 1.29 is 22.7 Å². The van der Waals surface area contributed by atoms with E-state index in [9.17, 15) is 18.0 Å². The Kier molecular flexibility index (Phi) is 5.57. The van der Waals surface area contributed by atoms with Crippen molar-refractivity contribution in [2.45, 2.75) is 19.3 Å². The molecule has 1 amide bonds. The van der Waals surface area contributed by atoms with Crippen molar-refractivity contribution in [1.29, 1.82) is 0 Å². The standard InChI is InChI=1S/C22H17F3N4O2/c23-22(24,25)16-10-11-19-27-28-20(29(19)13-16)12-26-21(30)18-9-5-4-6-15(18)14-31-17-7-2-1-3-8-17/h1-11,13H,12,14H2,(H,26,30). The molecule has 0 unspecified atom stereocenters. The number of carbonyl (C=O) groups is 1. The van der Waals surface area contributed by atoms with Crippen LogP contribution in [-0.4, -0.2) is 20.5 Å². The van der Waals surface area contributed by atoms with Crippen LogP contribution in [0.3, 0.4) is 0 Å². The molecular formula is C22H17F3N4O2. The molecule has 6 nitrogen and oxygen atoms in total. The molecule has 4 rings (SSSR count). The van der Waals surface area contributed by atoms with E-state index in [0.29, 0.717) is 16.9 Å². The van der Waals surface area contributed by atoms with Crippen LogP contribution in [0.5, 0.6) is 5.75 Å². The minimum Gasteiger partial charge on any atom is -0.489 e. The summed E-state index contributed by atoms with van der Waals surface area (Å²) < 4.78 is 45.9. The molecule has 2 aromatic heterocycles. The third-order valence-electron chi connectivity index (χ3n) is 4.61. The highest BCUT2D eigenvalue weighted by atomic mass is 19.4. The Bertz CT molecular complexity index is 1210. The Morgan fingerprint density at radius 3 is 2.48 bits per heavy atom. The van der Waals surface area contributed by atoms with Gasteiger partial charge < -0.3 is 10.1 Å². The van der Waals surface area contributed by atoms with Crippen molar-refractivity contribution in [3.8, 4) is 5.75 Å². The fraction of sp³-hybridized carbons (Fsp3) is 0.136. The summed E-state index contributed by atoms with van der Waals surface area (Å²) in [6, 6.07) is 18.3. The van der Waals surface area contributed by atoms with Crippen LogP contribution in [0, 0.1) is 0 Å². The molecule has 0 aliphatic heterocycles. The summed E-state index contributed by atoms with van der Waals surface area (Å²) in [6.07, 6.45) is -3.57. The van der Waals surface area contributed by atoms with Crippen LogP contribution in [0.2, 0.25) is 0 Å². The molecule has 0 saturated heterocycles. The Morgan fingerprint density at radius 1 is 0.968 bits per heavy atom. The van der Waals surface area contributed by atoms with Crippen molar-refractivity contribution in [2.24, 2.45) is 0 Å². The number of para-hydroxylation sites is 1. The van der Waals surface area contributed by atoms with E-state index in [1.165, 1.54) is 10.5 Å². The van der Waals surface area contributed by atoms with E-state index in [2.05, 4.69) is 15.5 Å². The van der Waals surface area contributed by atoms with Gasteiger partial charge in [-0.15, -0.1) is 10.2 Å². The van der Waals surface area contributed by atoms with Crippen LogP contribution >= 0.6 is 0 Å². The number of nitrogens with one attached hydrogen (secondary N) is 1. The van der Waals surface area contributed by atoms with Crippen molar-refractivity contribution in [3.63, 3.8) is 0 Å². The highest BCUT2D eigenvalue weighted by Crippen LogP contribution is 2.29. The number of rotatable bonds is 6. The molecule has 0 aliphatic rings. The quantitative estimate of drug-likeness (QED) is 0.500. The van der Waals surface area contributed by atoms with Crippen LogP contribution in [0.15, 0.2) is 72.9 Å². The molecule has 1 N–H and O–H groups in total. The summed E-state index contributed by atoms with van der Waals surface area (Å²) in [4.78, 5) is 12.7. The molecule has 4 aromatic rings. The molecule has 0 spiro atoms. The Morgan fingerprint density at radius 2 is 1.71 bits per heavy atom. The van der Waals surface area contributed by atoms with Gasteiger partial charge in [-0.3, -0.25) is 9.20 Å². The maximum absolute atomic E-state index is 13.0. The van der Waals surface area contributed by atoms with Gasteiger partial charge in [0.2, 0.25) is 0 Å². The first-order valence-electron chi connectivity index (χ1n) is 9.36. The van der Waals surface area contributed by atoms with Gasteiger partial charge in [0, 0.05) is 17.3 Å². The number of pyridine rings is 1. The lowest BCUT2D eigenvalue weighted by atomic mass is 10.1. The van der Waals surface area contributed by atoms with Crippen LogP contribution in [0.1, 0.15) is 27.3 Å². The average molecular weight is 426 g/mol. The van der Waals surface area contributed by atoms with Crippen molar-refractivity contribution in [3.05, 3.63) is 95.4 Å². The van der Waals surface area contributed by atoms with Crippen molar-refractivity contribution in [1.82, 2.24) is 19.9 Å². The number of benzene rings is 2. The SMILES string of the molecule is O=C(NCc1nnc2ccc(C(F)(F)F)cn12)c1ccccc1COc1ccccc1. The maximum atomic E-state index is 13.0. The summed E-state index contributed by atoms with van der Waals surface area (Å²) in [5.74, 6) is 0.469. The fourth-order valence-electron chi connectivity index (χ4n) is 3.03. The summed E-state index contributed by atoms with van der Waals surface area (Å²) in [7, 11) is 0. The Hall–Kier alpha value is -3.88. The van der Waals surface area contributed by atoms with E-state index in [1.807, 2.05) is 30.3 Å². The molecule has 2 aromatic carbocycles. The number of nitrogens with zero attached hydrogens (tertiary/aromatic N) is 3. The smallest absolute Gasteiger partial charge is 0.417 e. The number of amides is 1. The zero-order chi connectivity index (χ0) is 21.8. The predicted octanol–water partition coefficient (Wildman–Crippen LogP) is 4.26. The van der Waals surface area contributed by atoms with Gasteiger partial charge in [-0.05, 0) is 30.3 Å². The fourth-order valence-corrected chi connectivity index (χ4v) is 3.03. The first-order chi connectivity index (χ1) is 14.9. The molecule has 2 heterocycles. The van der Waals surface area contributed by atoms with Crippen LogP contribution < -0.4 is 10.1 Å². The highest BCUT2D eigenvalue weighted by Gasteiger charge is 2.31. The second kappa shape index (κ2) is 8.47. The van der Waals surface area contributed by atoms with Crippen LogP contribution in [0.25, 0.3) is 5.65 Å². The summed E-state index contributed by atoms with van der Waals surface area (Å²) >= 11 is 0. The summed E-state index contributed by atoms with van der Waals surface area (Å²) in [6.45, 7) is 0.103. The largest absolute Gasteiger partial charge is 0.489 e. The minimum absolute atomic E-state index is 0.0881. The number of carbonyl (C=O) groups excluding carboxylic acids is 1.